The lowest BCUT2D eigenvalue weighted by molar-refractivity contribution is -0.693. The number of rotatable bonds is 13. The summed E-state index contributed by atoms with van der Waals surface area (Å²) < 4.78 is 5.65. The Morgan fingerprint density at radius 2 is 1.66 bits per heavy atom. The average molecular weight is 487 g/mol. The summed E-state index contributed by atoms with van der Waals surface area (Å²) in [5.41, 5.74) is 1.48. The van der Waals surface area contributed by atoms with Crippen molar-refractivity contribution in [1.29, 1.82) is 0 Å². The highest BCUT2D eigenvalue weighted by molar-refractivity contribution is 5.96. The highest BCUT2D eigenvalue weighted by Crippen LogP contribution is 2.15. The molecule has 0 saturated carbocycles. The third-order valence-corrected chi connectivity index (χ3v) is 5.03. The van der Waals surface area contributed by atoms with Crippen LogP contribution in [0.25, 0.3) is 0 Å². The summed E-state index contributed by atoms with van der Waals surface area (Å²) in [6.07, 6.45) is -0.752. The molecule has 0 fully saturated rings. The van der Waals surface area contributed by atoms with Gasteiger partial charge in [-0.2, -0.15) is 0 Å². The Kier molecular flexibility index (Phi) is 15.2. The molecule has 3 atom stereocenters. The lowest BCUT2D eigenvalue weighted by Gasteiger charge is -2.17. The number of carbonyl (C=O) groups is 1. The minimum absolute atomic E-state index is 0. The monoisotopic (exact) mass is 486 g/mol. The third kappa shape index (κ3) is 10.8. The first kappa shape index (κ1) is 30.3. The van der Waals surface area contributed by atoms with Gasteiger partial charge in [-0.25, -0.2) is 0 Å². The summed E-state index contributed by atoms with van der Waals surface area (Å²) in [5, 5.41) is 24.5. The fourth-order valence-electron chi connectivity index (χ4n) is 3.15. The SMILES string of the molecule is CC(C)[NH2+]CC(O)COc1cccc(C(=O)CC[NH2+]C(C)C(O)c2ccccc2)c1.[Cl-].[Cl-]. The van der Waals surface area contributed by atoms with E-state index in [1.165, 1.54) is 0 Å². The molecular weight excluding hydrogens is 451 g/mol. The maximum atomic E-state index is 12.5. The van der Waals surface area contributed by atoms with Gasteiger partial charge in [0.05, 0.1) is 19.0 Å². The minimum Gasteiger partial charge on any atom is -1.00 e. The van der Waals surface area contributed by atoms with E-state index in [0.717, 1.165) is 5.56 Å². The number of hydrogen-bond acceptors (Lipinski definition) is 4. The van der Waals surface area contributed by atoms with Gasteiger partial charge in [0.25, 0.3) is 0 Å². The molecule has 0 spiro atoms. The summed E-state index contributed by atoms with van der Waals surface area (Å²) in [4.78, 5) is 12.5. The van der Waals surface area contributed by atoms with Crippen molar-refractivity contribution in [3.05, 3.63) is 65.7 Å². The van der Waals surface area contributed by atoms with Gasteiger partial charge in [0, 0.05) is 5.56 Å². The fourth-order valence-corrected chi connectivity index (χ4v) is 3.15. The highest BCUT2D eigenvalue weighted by atomic mass is 35.5. The molecule has 2 rings (SSSR count). The van der Waals surface area contributed by atoms with Crippen molar-refractivity contribution in [2.75, 3.05) is 19.7 Å². The zero-order chi connectivity index (χ0) is 21.9. The molecule has 0 aliphatic carbocycles. The predicted octanol–water partition coefficient (Wildman–Crippen LogP) is -5.34. The number of nitrogens with two attached hydrogens (primary N) is 2. The van der Waals surface area contributed by atoms with E-state index >= 15 is 0 Å². The van der Waals surface area contributed by atoms with Crippen LogP contribution in [0.3, 0.4) is 0 Å². The normalized spacial score (nSPS) is 13.4. The summed E-state index contributed by atoms with van der Waals surface area (Å²) in [5.74, 6) is 0.619. The Balaban J connectivity index is 0.00000480. The smallest absolute Gasteiger partial charge is 0.168 e. The van der Waals surface area contributed by atoms with Gasteiger partial charge in [0.1, 0.15) is 37.2 Å². The van der Waals surface area contributed by atoms with Crippen LogP contribution in [0, 0.1) is 0 Å². The van der Waals surface area contributed by atoms with Crippen molar-refractivity contribution >= 4 is 5.78 Å². The van der Waals surface area contributed by atoms with Crippen LogP contribution in [0.15, 0.2) is 54.6 Å². The maximum absolute atomic E-state index is 12.5. The zero-order valence-corrected chi connectivity index (χ0v) is 20.5. The van der Waals surface area contributed by atoms with Gasteiger partial charge in [0.15, 0.2) is 5.78 Å². The largest absolute Gasteiger partial charge is 1.00 e. The molecule has 8 heteroatoms. The van der Waals surface area contributed by atoms with E-state index in [4.69, 9.17) is 4.74 Å². The first-order valence-electron chi connectivity index (χ1n) is 10.7. The van der Waals surface area contributed by atoms with Gasteiger partial charge in [-0.3, -0.25) is 4.79 Å². The van der Waals surface area contributed by atoms with E-state index in [1.54, 1.807) is 24.3 Å². The van der Waals surface area contributed by atoms with Crippen LogP contribution in [0.1, 0.15) is 49.2 Å². The molecule has 0 heterocycles. The fraction of sp³-hybridized carbons (Fsp3) is 0.458. The van der Waals surface area contributed by atoms with E-state index in [9.17, 15) is 15.0 Å². The second kappa shape index (κ2) is 16.0. The molecular formula is C24H36Cl2N2O4. The lowest BCUT2D eigenvalue weighted by atomic mass is 10.0. The average Bonchev–Trinajstić information content (AvgIpc) is 2.76. The Labute approximate surface area is 203 Å². The first-order valence-corrected chi connectivity index (χ1v) is 10.7. The Hall–Kier alpha value is -1.67. The minimum atomic E-state index is -0.572. The number of aliphatic hydroxyl groups excluding tert-OH is 2. The number of ether oxygens (including phenoxy) is 1. The standard InChI is InChI=1S/C24H34N2O4.2ClH/c1-17(2)26-15-21(27)16-30-22-11-7-10-20(14-22)23(28)12-13-25-18(3)24(29)19-8-5-4-6-9-19;;/h4-11,14,17-18,21,24-27,29H,12-13,15-16H2,1-3H3;2*1H. The number of Topliss-reactive ketones (excluding diaryl/α,β-unsaturated/α-hetero) is 1. The van der Waals surface area contributed by atoms with Crippen LogP contribution in [0.5, 0.6) is 5.75 Å². The lowest BCUT2D eigenvalue weighted by Crippen LogP contribution is -3.00. The number of benzene rings is 2. The Morgan fingerprint density at radius 3 is 2.31 bits per heavy atom. The van der Waals surface area contributed by atoms with Crippen molar-refractivity contribution in [2.24, 2.45) is 0 Å². The predicted molar refractivity (Wildman–Crippen MR) is 116 cm³/mol. The molecule has 0 saturated heterocycles. The number of carbonyl (C=O) groups excluding carboxylic acids is 1. The molecule has 3 unspecified atom stereocenters. The number of aliphatic hydroxyl groups is 2. The molecule has 0 aliphatic rings. The van der Waals surface area contributed by atoms with Crippen LogP contribution < -0.4 is 40.2 Å². The molecule has 0 radical (unpaired) electrons. The molecule has 180 valence electrons. The second-order valence-electron chi connectivity index (χ2n) is 8.12. The number of quaternary nitrogens is 2. The van der Waals surface area contributed by atoms with Gasteiger partial charge < -0.3 is 50.4 Å². The van der Waals surface area contributed by atoms with Crippen LogP contribution in [-0.2, 0) is 0 Å². The van der Waals surface area contributed by atoms with Crippen LogP contribution in [0.4, 0.5) is 0 Å². The number of hydrogen-bond donors (Lipinski definition) is 4. The van der Waals surface area contributed by atoms with E-state index < -0.39 is 12.2 Å². The number of ketones is 1. The summed E-state index contributed by atoms with van der Waals surface area (Å²) in [6, 6.07) is 17.0. The van der Waals surface area contributed by atoms with Crippen molar-refractivity contribution in [1.82, 2.24) is 0 Å². The van der Waals surface area contributed by atoms with E-state index in [2.05, 4.69) is 19.2 Å². The molecule has 0 aliphatic heterocycles. The topological polar surface area (TPSA) is 100.0 Å². The van der Waals surface area contributed by atoms with Crippen LogP contribution >= 0.6 is 0 Å². The van der Waals surface area contributed by atoms with Gasteiger partial charge in [0.2, 0.25) is 0 Å². The van der Waals surface area contributed by atoms with Crippen molar-refractivity contribution in [3.63, 3.8) is 0 Å². The molecule has 6 N–H and O–H groups in total. The molecule has 32 heavy (non-hydrogen) atoms. The van der Waals surface area contributed by atoms with Crippen LogP contribution in [-0.4, -0.2) is 53.9 Å². The second-order valence-corrected chi connectivity index (χ2v) is 8.12. The van der Waals surface area contributed by atoms with Gasteiger partial charge in [-0.1, -0.05) is 42.5 Å². The van der Waals surface area contributed by atoms with Gasteiger partial charge in [-0.15, -0.1) is 0 Å². The molecule has 0 amide bonds. The van der Waals surface area contributed by atoms with Gasteiger partial charge >= 0.3 is 0 Å². The molecule has 2 aromatic carbocycles. The first-order chi connectivity index (χ1) is 14.4. The van der Waals surface area contributed by atoms with E-state index in [1.807, 2.05) is 42.6 Å². The van der Waals surface area contributed by atoms with Crippen molar-refractivity contribution in [3.8, 4) is 5.75 Å². The molecule has 0 bridgehead atoms. The quantitative estimate of drug-likeness (QED) is 0.212. The van der Waals surface area contributed by atoms with Crippen molar-refractivity contribution < 1.29 is 55.2 Å². The molecule has 2 aromatic rings. The summed E-state index contributed by atoms with van der Waals surface area (Å²) in [6.45, 7) is 7.48. The Morgan fingerprint density at radius 1 is 0.969 bits per heavy atom. The summed E-state index contributed by atoms with van der Waals surface area (Å²) >= 11 is 0. The van der Waals surface area contributed by atoms with Crippen molar-refractivity contribution in [2.45, 2.75) is 51.5 Å². The maximum Gasteiger partial charge on any atom is 0.168 e. The zero-order valence-electron chi connectivity index (χ0n) is 19.0. The van der Waals surface area contributed by atoms with E-state index in [0.29, 0.717) is 36.9 Å². The third-order valence-electron chi connectivity index (χ3n) is 5.03. The molecule has 0 aromatic heterocycles. The molecule has 6 nitrogen and oxygen atoms in total. The van der Waals surface area contributed by atoms with Gasteiger partial charge in [-0.05, 0) is 38.5 Å². The number of halogens is 2. The summed E-state index contributed by atoms with van der Waals surface area (Å²) in [7, 11) is 0. The Bertz CT molecular complexity index is 778. The highest BCUT2D eigenvalue weighted by Gasteiger charge is 2.19. The van der Waals surface area contributed by atoms with Crippen LogP contribution in [0.2, 0.25) is 0 Å². The van der Waals surface area contributed by atoms with E-state index in [-0.39, 0.29) is 43.2 Å².